The molecule has 152 valence electrons. The van der Waals surface area contributed by atoms with Gasteiger partial charge < -0.3 is 5.11 Å². The van der Waals surface area contributed by atoms with Crippen LogP contribution in [0, 0.1) is 12.8 Å². The molecule has 0 saturated carbocycles. The molecule has 1 aliphatic rings. The van der Waals surface area contributed by atoms with Gasteiger partial charge in [-0.1, -0.05) is 6.92 Å². The van der Waals surface area contributed by atoms with Gasteiger partial charge in [-0.25, -0.2) is 17.6 Å². The molecule has 1 aromatic heterocycles. The highest BCUT2D eigenvalue weighted by molar-refractivity contribution is 5.93. The lowest BCUT2D eigenvalue weighted by molar-refractivity contribution is -0.195. The van der Waals surface area contributed by atoms with Gasteiger partial charge in [0.05, 0.1) is 12.5 Å². The summed E-state index contributed by atoms with van der Waals surface area (Å²) >= 11 is 0. The molecule has 2 heterocycles. The molecule has 0 bridgehead atoms. The molecule has 0 aromatic carbocycles. The van der Waals surface area contributed by atoms with Crippen molar-refractivity contribution in [1.82, 2.24) is 14.8 Å². The molecule has 1 amide bonds. The van der Waals surface area contributed by atoms with E-state index in [4.69, 9.17) is 0 Å². The van der Waals surface area contributed by atoms with Gasteiger partial charge in [0.15, 0.2) is 5.69 Å². The number of nitrogens with zero attached hydrogens (tertiary/aromatic N) is 4. The summed E-state index contributed by atoms with van der Waals surface area (Å²) in [4.78, 5) is 12.4. The summed E-state index contributed by atoms with van der Waals surface area (Å²) in [5, 5.41) is 16.2. The Bertz CT molecular complexity index is 746. The number of hydrogen-bond donors (Lipinski definition) is 1. The molecule has 2 atom stereocenters. The predicted molar refractivity (Wildman–Crippen MR) is 77.0 cm³/mol. The van der Waals surface area contributed by atoms with Crippen LogP contribution >= 0.6 is 0 Å². The van der Waals surface area contributed by atoms with Crippen molar-refractivity contribution in [2.75, 3.05) is 0 Å². The van der Waals surface area contributed by atoms with E-state index < -0.39 is 60.9 Å². The molecule has 0 spiro atoms. The van der Waals surface area contributed by atoms with Crippen LogP contribution in [-0.4, -0.2) is 50.1 Å². The average Bonchev–Trinajstić information content (AvgIpc) is 3.08. The van der Waals surface area contributed by atoms with Gasteiger partial charge >= 0.3 is 6.18 Å². The Hall–Kier alpha value is -2.18. The van der Waals surface area contributed by atoms with Gasteiger partial charge in [0, 0.05) is 12.1 Å². The zero-order valence-electron chi connectivity index (χ0n) is 14.0. The minimum absolute atomic E-state index is 0.0456. The quantitative estimate of drug-likeness (QED) is 0.768. The molecule has 0 aliphatic carbocycles. The normalized spacial score (nSPS) is 21.9. The molecule has 0 unspecified atom stereocenters. The van der Waals surface area contributed by atoms with Crippen LogP contribution in [0.5, 0.6) is 0 Å². The monoisotopic (exact) mass is 404 g/mol. The minimum atomic E-state index is -4.72. The number of hydrogen-bond acceptors (Lipinski definition) is 4. The highest BCUT2D eigenvalue weighted by Gasteiger charge is 2.53. The number of aliphatic hydroxyl groups is 1. The van der Waals surface area contributed by atoms with Crippen LogP contribution in [0.3, 0.4) is 0 Å². The Kier molecular flexibility index (Phi) is 5.55. The first-order chi connectivity index (χ1) is 12.3. The molecule has 1 N–H and O–H groups in total. The third-order valence-electron chi connectivity index (χ3n) is 3.99. The fourth-order valence-corrected chi connectivity index (χ4v) is 2.50. The largest absolute Gasteiger partial charge is 0.435 e. The van der Waals surface area contributed by atoms with Crippen LogP contribution < -0.4 is 0 Å². The molecule has 0 radical (unpaired) electrons. The number of carbonyl (C=O) groups excluding carboxylic acids is 1. The van der Waals surface area contributed by atoms with Crippen LogP contribution in [0.1, 0.15) is 24.7 Å². The molecule has 13 heteroatoms. The van der Waals surface area contributed by atoms with E-state index in [1.807, 2.05) is 0 Å². The standard InChI is InChI=1S/C14H15F7N4O2/c1-6(5-24-7(2)3-9(23-24)14(19,20)21)11(26)25-13(27,12(17)18)4-8(22-25)10(15)16/h3,6,10,12,27H,4-5H2,1-2H3/t6-,13+/m0/s1. The highest BCUT2D eigenvalue weighted by Crippen LogP contribution is 2.34. The number of rotatable bonds is 5. The zero-order valence-corrected chi connectivity index (χ0v) is 14.0. The number of halogens is 7. The Morgan fingerprint density at radius 2 is 1.93 bits per heavy atom. The van der Waals surface area contributed by atoms with Crippen molar-refractivity contribution < 1.29 is 40.6 Å². The first-order valence-electron chi connectivity index (χ1n) is 7.59. The predicted octanol–water partition coefficient (Wildman–Crippen LogP) is 2.65. The summed E-state index contributed by atoms with van der Waals surface area (Å²) < 4.78 is 90.7. The van der Waals surface area contributed by atoms with E-state index in [1.54, 1.807) is 0 Å². The van der Waals surface area contributed by atoms with Crippen LogP contribution in [0.15, 0.2) is 11.2 Å². The molecule has 1 aromatic rings. The average molecular weight is 404 g/mol. The SMILES string of the molecule is Cc1cc(C(F)(F)F)nn1C[C@H](C)C(=O)N1N=C(C(F)F)C[C@@]1(O)C(F)F. The Balaban J connectivity index is 2.24. The number of amides is 1. The summed E-state index contributed by atoms with van der Waals surface area (Å²) in [5.41, 5.74) is -5.49. The van der Waals surface area contributed by atoms with E-state index >= 15 is 0 Å². The van der Waals surface area contributed by atoms with Crippen molar-refractivity contribution in [3.63, 3.8) is 0 Å². The number of aromatic nitrogens is 2. The van der Waals surface area contributed by atoms with Gasteiger partial charge in [0.1, 0.15) is 5.71 Å². The topological polar surface area (TPSA) is 70.7 Å². The van der Waals surface area contributed by atoms with E-state index in [9.17, 15) is 40.6 Å². The lowest BCUT2D eigenvalue weighted by Crippen LogP contribution is -2.53. The van der Waals surface area contributed by atoms with Crippen LogP contribution in [0.25, 0.3) is 0 Å². The second kappa shape index (κ2) is 7.09. The smallest absolute Gasteiger partial charge is 0.364 e. The summed E-state index contributed by atoms with van der Waals surface area (Å²) in [6, 6.07) is 0.732. The molecule has 6 nitrogen and oxygen atoms in total. The molecule has 27 heavy (non-hydrogen) atoms. The van der Waals surface area contributed by atoms with Gasteiger partial charge in [0.2, 0.25) is 11.6 Å². The molecule has 1 aliphatic heterocycles. The van der Waals surface area contributed by atoms with Crippen molar-refractivity contribution >= 4 is 11.6 Å². The fourth-order valence-electron chi connectivity index (χ4n) is 2.50. The van der Waals surface area contributed by atoms with Crippen molar-refractivity contribution in [2.24, 2.45) is 11.0 Å². The zero-order chi connectivity index (χ0) is 20.7. The van der Waals surface area contributed by atoms with Crippen molar-refractivity contribution in [2.45, 2.75) is 51.6 Å². The van der Waals surface area contributed by atoms with E-state index in [2.05, 4.69) is 10.2 Å². The van der Waals surface area contributed by atoms with E-state index in [1.165, 1.54) is 13.8 Å². The third-order valence-corrected chi connectivity index (χ3v) is 3.99. The molecular weight excluding hydrogens is 389 g/mol. The second-order valence-electron chi connectivity index (χ2n) is 6.15. The first kappa shape index (κ1) is 21.1. The lowest BCUT2D eigenvalue weighted by atomic mass is 10.1. The van der Waals surface area contributed by atoms with Gasteiger partial charge in [-0.2, -0.15) is 28.4 Å². The Morgan fingerprint density at radius 3 is 2.37 bits per heavy atom. The number of aryl methyl sites for hydroxylation is 1. The third kappa shape index (κ3) is 4.06. The number of hydrazone groups is 1. The van der Waals surface area contributed by atoms with Crippen LogP contribution in [0.2, 0.25) is 0 Å². The van der Waals surface area contributed by atoms with Gasteiger partial charge in [-0.3, -0.25) is 9.48 Å². The van der Waals surface area contributed by atoms with E-state index in [-0.39, 0.29) is 10.7 Å². The van der Waals surface area contributed by atoms with E-state index in [0.29, 0.717) is 0 Å². The summed E-state index contributed by atoms with van der Waals surface area (Å²) in [7, 11) is 0. The summed E-state index contributed by atoms with van der Waals surface area (Å²) in [6.07, 6.45) is -12.8. The van der Waals surface area contributed by atoms with E-state index in [0.717, 1.165) is 10.7 Å². The maximum Gasteiger partial charge on any atom is 0.435 e. The minimum Gasteiger partial charge on any atom is -0.364 e. The maximum absolute atomic E-state index is 13.2. The van der Waals surface area contributed by atoms with Gasteiger partial charge in [-0.15, -0.1) is 0 Å². The number of alkyl halides is 7. The summed E-state index contributed by atoms with van der Waals surface area (Å²) in [5.74, 6) is -2.53. The molecular formula is C14H15F7N4O2. The van der Waals surface area contributed by atoms with Crippen LogP contribution in [-0.2, 0) is 17.5 Å². The fraction of sp³-hybridized carbons (Fsp3) is 0.643. The lowest BCUT2D eigenvalue weighted by Gasteiger charge is -2.31. The molecule has 0 fully saturated rings. The molecule has 0 saturated heterocycles. The Morgan fingerprint density at radius 1 is 1.33 bits per heavy atom. The van der Waals surface area contributed by atoms with Crippen LogP contribution in [0.4, 0.5) is 30.7 Å². The second-order valence-corrected chi connectivity index (χ2v) is 6.15. The van der Waals surface area contributed by atoms with Crippen molar-refractivity contribution in [3.8, 4) is 0 Å². The maximum atomic E-state index is 13.2. The first-order valence-corrected chi connectivity index (χ1v) is 7.59. The van der Waals surface area contributed by atoms with Gasteiger partial charge in [0.25, 0.3) is 12.9 Å². The Labute approximate surface area is 148 Å². The van der Waals surface area contributed by atoms with Gasteiger partial charge in [-0.05, 0) is 13.0 Å². The van der Waals surface area contributed by atoms with Crippen molar-refractivity contribution in [1.29, 1.82) is 0 Å². The summed E-state index contributed by atoms with van der Waals surface area (Å²) in [6.45, 7) is 1.99. The number of carbonyl (C=O) groups is 1. The van der Waals surface area contributed by atoms with Crippen molar-refractivity contribution in [3.05, 3.63) is 17.5 Å². The molecule has 2 rings (SSSR count). The highest BCUT2D eigenvalue weighted by atomic mass is 19.4.